The lowest BCUT2D eigenvalue weighted by molar-refractivity contribution is 0.611. The van der Waals surface area contributed by atoms with Crippen molar-refractivity contribution in [3.8, 4) is 0 Å². The Balaban J connectivity index is 1.44. The van der Waals surface area contributed by atoms with Gasteiger partial charge in [0.15, 0.2) is 0 Å². The van der Waals surface area contributed by atoms with Gasteiger partial charge in [0.1, 0.15) is 0 Å². The maximum Gasteiger partial charge on any atom is 0.0992 e. The van der Waals surface area contributed by atoms with Crippen molar-refractivity contribution in [3.05, 3.63) is 203 Å². The van der Waals surface area contributed by atoms with Crippen LogP contribution in [0.15, 0.2) is 180 Å². The van der Waals surface area contributed by atoms with Crippen LogP contribution in [0.4, 0.5) is 11.4 Å². The first-order valence-electron chi connectivity index (χ1n) is 15.8. The zero-order chi connectivity index (χ0) is 31.0. The van der Waals surface area contributed by atoms with Crippen molar-refractivity contribution >= 4 is 23.8 Å². The number of fused-ring (bicyclic) bond motifs is 2. The summed E-state index contributed by atoms with van der Waals surface area (Å²) in [6.07, 6.45) is 4.05. The number of aliphatic imine (C=N–C) groups is 2. The van der Waals surface area contributed by atoms with Crippen LogP contribution in [-0.4, -0.2) is 12.4 Å². The Morgan fingerprint density at radius 2 is 0.630 bits per heavy atom. The number of hydrogen-bond donors (Lipinski definition) is 2. The van der Waals surface area contributed by atoms with E-state index in [-0.39, 0.29) is 24.2 Å². The lowest BCUT2D eigenvalue weighted by Crippen LogP contribution is -2.21. The smallest absolute Gasteiger partial charge is 0.0992 e. The van der Waals surface area contributed by atoms with Crippen molar-refractivity contribution in [3.63, 3.8) is 0 Å². The summed E-state index contributed by atoms with van der Waals surface area (Å²) in [6, 6.07) is 58.4. The van der Waals surface area contributed by atoms with Crippen molar-refractivity contribution in [2.75, 3.05) is 10.6 Å². The average Bonchev–Trinajstić information content (AvgIpc) is 3.13. The van der Waals surface area contributed by atoms with Gasteiger partial charge in [0.05, 0.1) is 24.2 Å². The molecule has 0 unspecified atom stereocenters. The molecule has 1 aliphatic heterocycles. The van der Waals surface area contributed by atoms with Gasteiger partial charge < -0.3 is 10.6 Å². The second-order valence-corrected chi connectivity index (χ2v) is 11.5. The first-order chi connectivity index (χ1) is 22.8. The highest BCUT2D eigenvalue weighted by Gasteiger charge is 2.27. The van der Waals surface area contributed by atoms with E-state index in [1.54, 1.807) is 0 Å². The molecule has 0 aromatic heterocycles. The van der Waals surface area contributed by atoms with Gasteiger partial charge in [-0.1, -0.05) is 158 Å². The third-order valence-electron chi connectivity index (χ3n) is 8.52. The quantitative estimate of drug-likeness (QED) is 0.213. The van der Waals surface area contributed by atoms with E-state index in [4.69, 9.17) is 9.98 Å². The Labute approximate surface area is 271 Å². The molecular formula is C42H36N4. The van der Waals surface area contributed by atoms with Crippen LogP contribution in [0.1, 0.15) is 57.5 Å². The van der Waals surface area contributed by atoms with Gasteiger partial charge in [0.25, 0.3) is 0 Å². The zero-order valence-corrected chi connectivity index (χ0v) is 25.5. The van der Waals surface area contributed by atoms with Crippen LogP contribution in [0.25, 0.3) is 0 Å². The van der Waals surface area contributed by atoms with Gasteiger partial charge in [-0.25, -0.2) is 0 Å². The van der Waals surface area contributed by atoms with Crippen molar-refractivity contribution in [2.45, 2.75) is 24.2 Å². The second-order valence-electron chi connectivity index (χ2n) is 11.5. The molecule has 0 spiro atoms. The summed E-state index contributed by atoms with van der Waals surface area (Å²) in [7, 11) is 0. The van der Waals surface area contributed by atoms with Gasteiger partial charge in [0, 0.05) is 34.9 Å². The third kappa shape index (κ3) is 6.52. The lowest BCUT2D eigenvalue weighted by atomic mass is 9.92. The predicted molar refractivity (Wildman–Crippen MR) is 192 cm³/mol. The largest absolute Gasteiger partial charge is 0.375 e. The number of benzene rings is 6. The van der Waals surface area contributed by atoms with Crippen LogP contribution in [0, 0.1) is 0 Å². The maximum absolute atomic E-state index is 5.37. The Kier molecular flexibility index (Phi) is 8.77. The standard InChI is InChI=1S/C42H36N4/c1-5-17-31(18-6-1)39-41(33-21-9-3-10-22-33)45-37-27-15-14-26-36(37)30-44-40(32-19-7-2-8-20-32)42(34-23-11-4-12-24-34)46-38-28-16-13-25-35(38)29-43-39/h1-30,39-42,45-46H/t39-,40-,41-,42-/m1/s1. The molecule has 4 nitrogen and oxygen atoms in total. The molecule has 2 N–H and O–H groups in total. The summed E-state index contributed by atoms with van der Waals surface area (Å²) in [5.41, 5.74) is 8.63. The van der Waals surface area contributed by atoms with Crippen molar-refractivity contribution in [1.82, 2.24) is 0 Å². The monoisotopic (exact) mass is 596 g/mol. The van der Waals surface area contributed by atoms with E-state index in [9.17, 15) is 0 Å². The number of para-hydroxylation sites is 2. The minimum atomic E-state index is -0.202. The van der Waals surface area contributed by atoms with Gasteiger partial charge in [-0.3, -0.25) is 9.98 Å². The van der Waals surface area contributed by atoms with Crippen molar-refractivity contribution in [2.24, 2.45) is 9.98 Å². The number of anilines is 2. The van der Waals surface area contributed by atoms with Gasteiger partial charge >= 0.3 is 0 Å². The molecule has 6 aromatic carbocycles. The molecule has 4 atom stereocenters. The number of hydrogen-bond acceptors (Lipinski definition) is 4. The minimum Gasteiger partial charge on any atom is -0.375 e. The highest BCUT2D eigenvalue weighted by atomic mass is 15.0. The normalized spacial score (nSPS) is 19.5. The van der Waals surface area contributed by atoms with Crippen LogP contribution in [-0.2, 0) is 0 Å². The molecule has 0 saturated carbocycles. The molecule has 0 aliphatic carbocycles. The molecule has 0 amide bonds. The predicted octanol–water partition coefficient (Wildman–Crippen LogP) is 10.0. The van der Waals surface area contributed by atoms with E-state index in [1.165, 1.54) is 0 Å². The Bertz CT molecular complexity index is 1760. The van der Waals surface area contributed by atoms with Gasteiger partial charge in [0.2, 0.25) is 0 Å². The summed E-state index contributed by atoms with van der Waals surface area (Å²) < 4.78 is 0. The van der Waals surface area contributed by atoms with E-state index in [0.29, 0.717) is 0 Å². The molecule has 0 radical (unpaired) electrons. The van der Waals surface area contributed by atoms with Crippen LogP contribution in [0.3, 0.4) is 0 Å². The number of nitrogens with zero attached hydrogens (tertiary/aromatic N) is 2. The minimum absolute atomic E-state index is 0.139. The zero-order valence-electron chi connectivity index (χ0n) is 25.5. The topological polar surface area (TPSA) is 48.8 Å². The highest BCUT2D eigenvalue weighted by molar-refractivity contribution is 5.89. The fraction of sp³-hybridized carbons (Fsp3) is 0.0952. The van der Waals surface area contributed by atoms with Gasteiger partial charge in [-0.15, -0.1) is 0 Å². The fourth-order valence-corrected chi connectivity index (χ4v) is 6.18. The Morgan fingerprint density at radius 3 is 1.00 bits per heavy atom. The molecule has 1 aliphatic rings. The van der Waals surface area contributed by atoms with Crippen molar-refractivity contribution in [1.29, 1.82) is 0 Å². The molecule has 46 heavy (non-hydrogen) atoms. The maximum atomic E-state index is 5.37. The summed E-state index contributed by atoms with van der Waals surface area (Å²) in [4.78, 5) is 10.7. The van der Waals surface area contributed by atoms with E-state index in [2.05, 4.69) is 180 Å². The number of rotatable bonds is 4. The van der Waals surface area contributed by atoms with Crippen LogP contribution in [0.2, 0.25) is 0 Å². The van der Waals surface area contributed by atoms with Crippen LogP contribution < -0.4 is 10.6 Å². The fourth-order valence-electron chi connectivity index (χ4n) is 6.18. The third-order valence-corrected chi connectivity index (χ3v) is 8.52. The van der Waals surface area contributed by atoms with E-state index >= 15 is 0 Å². The first-order valence-corrected chi connectivity index (χ1v) is 15.8. The van der Waals surface area contributed by atoms with E-state index < -0.39 is 0 Å². The van der Waals surface area contributed by atoms with Crippen LogP contribution in [0.5, 0.6) is 0 Å². The average molecular weight is 597 g/mol. The van der Waals surface area contributed by atoms with E-state index in [0.717, 1.165) is 44.8 Å². The van der Waals surface area contributed by atoms with Gasteiger partial charge in [-0.2, -0.15) is 0 Å². The van der Waals surface area contributed by atoms with Crippen molar-refractivity contribution < 1.29 is 0 Å². The van der Waals surface area contributed by atoms with Gasteiger partial charge in [-0.05, 0) is 34.4 Å². The molecular weight excluding hydrogens is 560 g/mol. The summed E-state index contributed by atoms with van der Waals surface area (Å²) in [5.74, 6) is 0. The molecule has 1 heterocycles. The summed E-state index contributed by atoms with van der Waals surface area (Å²) >= 11 is 0. The lowest BCUT2D eigenvalue weighted by Gasteiger charge is -2.30. The molecule has 0 saturated heterocycles. The first kappa shape index (κ1) is 29.0. The highest BCUT2D eigenvalue weighted by Crippen LogP contribution is 2.39. The second kappa shape index (κ2) is 13.9. The SMILES string of the molecule is C1=N[C@H](c2ccccc2)[C@@H](c2ccccc2)Nc2ccccc2C=N[C@H](c2ccccc2)[C@@H](c2ccccc2)Nc2ccccc21. The van der Waals surface area contributed by atoms with E-state index in [1.807, 2.05) is 12.4 Å². The summed E-state index contributed by atoms with van der Waals surface area (Å²) in [5, 5.41) is 7.83. The molecule has 0 bridgehead atoms. The number of nitrogens with one attached hydrogen (secondary N) is 2. The molecule has 4 heteroatoms. The molecule has 6 aromatic rings. The molecule has 224 valence electrons. The molecule has 0 fully saturated rings. The Morgan fingerprint density at radius 1 is 0.326 bits per heavy atom. The van der Waals surface area contributed by atoms with Crippen LogP contribution >= 0.6 is 0 Å². The summed E-state index contributed by atoms with van der Waals surface area (Å²) in [6.45, 7) is 0. The molecule has 7 rings (SSSR count). The Hall–Kier alpha value is -5.74.